The fourth-order valence-electron chi connectivity index (χ4n) is 1.56. The number of nitrogens with two attached hydrogens (primary N) is 1. The van der Waals surface area contributed by atoms with Crippen LogP contribution in [0.1, 0.15) is 5.56 Å². The molecule has 2 aromatic rings. The quantitative estimate of drug-likeness (QED) is 0.896. The van der Waals surface area contributed by atoms with Crippen LogP contribution in [0.15, 0.2) is 47.6 Å². The number of nitrogen functional groups attached to an aromatic ring is 1. The smallest absolute Gasteiger partial charge is 0.246 e. The predicted molar refractivity (Wildman–Crippen MR) is 71.5 cm³/mol. The molecule has 0 aliphatic rings. The van der Waals surface area contributed by atoms with Gasteiger partial charge < -0.3 is 5.73 Å². The van der Waals surface area contributed by atoms with Crippen LogP contribution in [-0.2, 0) is 16.6 Å². The molecule has 0 aliphatic heterocycles. The van der Waals surface area contributed by atoms with E-state index in [2.05, 4.69) is 9.97 Å². The number of sulfonamides is 1. The number of rotatable bonds is 4. The van der Waals surface area contributed by atoms with Gasteiger partial charge in [0.1, 0.15) is 4.90 Å². The molecule has 1 heterocycles. The van der Waals surface area contributed by atoms with Crippen molar-refractivity contribution in [2.45, 2.75) is 11.4 Å². The molecule has 2 N–H and O–H groups in total. The maximum absolute atomic E-state index is 12.3. The molecule has 6 nitrogen and oxygen atoms in total. The number of benzene rings is 1. The summed E-state index contributed by atoms with van der Waals surface area (Å²) in [6.45, 7) is 0.285. The van der Waals surface area contributed by atoms with E-state index in [9.17, 15) is 8.42 Å². The summed E-state index contributed by atoms with van der Waals surface area (Å²) in [5.74, 6) is 0.0460. The predicted octanol–water partition coefficient (Wildman–Crippen LogP) is 0.879. The monoisotopic (exact) mass is 278 g/mol. The Morgan fingerprint density at radius 2 is 1.74 bits per heavy atom. The van der Waals surface area contributed by atoms with Crippen molar-refractivity contribution in [2.24, 2.45) is 0 Å². The summed E-state index contributed by atoms with van der Waals surface area (Å²) in [7, 11) is -2.09. The normalized spacial score (nSPS) is 11.7. The Labute approximate surface area is 112 Å². The Morgan fingerprint density at radius 1 is 1.16 bits per heavy atom. The van der Waals surface area contributed by atoms with E-state index in [1.807, 2.05) is 30.3 Å². The van der Waals surface area contributed by atoms with Gasteiger partial charge in [0.25, 0.3) is 0 Å². The van der Waals surface area contributed by atoms with Crippen molar-refractivity contribution in [3.8, 4) is 0 Å². The summed E-state index contributed by atoms with van der Waals surface area (Å²) in [5.41, 5.74) is 6.25. The van der Waals surface area contributed by atoms with Gasteiger partial charge in [0.05, 0.1) is 12.4 Å². The SMILES string of the molecule is CN(Cc1ccccc1)S(=O)(=O)c1cnc(N)nc1. The van der Waals surface area contributed by atoms with Gasteiger partial charge in [-0.3, -0.25) is 0 Å². The third-order valence-corrected chi connectivity index (χ3v) is 4.36. The van der Waals surface area contributed by atoms with Gasteiger partial charge in [-0.25, -0.2) is 18.4 Å². The molecule has 0 unspecified atom stereocenters. The summed E-state index contributed by atoms with van der Waals surface area (Å²) in [6, 6.07) is 9.34. The Bertz CT molecular complexity index is 641. The molecule has 19 heavy (non-hydrogen) atoms. The van der Waals surface area contributed by atoms with Gasteiger partial charge in [-0.15, -0.1) is 0 Å². The molecule has 0 saturated carbocycles. The van der Waals surface area contributed by atoms with Gasteiger partial charge >= 0.3 is 0 Å². The van der Waals surface area contributed by atoms with Gasteiger partial charge in [-0.05, 0) is 5.56 Å². The Balaban J connectivity index is 2.22. The molecule has 0 atom stereocenters. The van der Waals surface area contributed by atoms with Crippen molar-refractivity contribution in [1.82, 2.24) is 14.3 Å². The number of hydrogen-bond donors (Lipinski definition) is 1. The van der Waals surface area contributed by atoms with Crippen molar-refractivity contribution < 1.29 is 8.42 Å². The van der Waals surface area contributed by atoms with Crippen LogP contribution in [-0.4, -0.2) is 29.7 Å². The lowest BCUT2D eigenvalue weighted by Crippen LogP contribution is -2.26. The molecule has 0 saturated heterocycles. The van der Waals surface area contributed by atoms with E-state index < -0.39 is 10.0 Å². The number of hydrogen-bond acceptors (Lipinski definition) is 5. The Hall–Kier alpha value is -1.99. The molecule has 0 bridgehead atoms. The molecule has 7 heteroatoms. The molecule has 1 aromatic carbocycles. The summed E-state index contributed by atoms with van der Waals surface area (Å²) in [6.07, 6.45) is 2.42. The second-order valence-corrected chi connectivity index (χ2v) is 6.07. The Kier molecular flexibility index (Phi) is 3.77. The second-order valence-electron chi connectivity index (χ2n) is 4.02. The summed E-state index contributed by atoms with van der Waals surface area (Å²) < 4.78 is 25.8. The lowest BCUT2D eigenvalue weighted by Gasteiger charge is -2.16. The maximum Gasteiger partial charge on any atom is 0.246 e. The number of aromatic nitrogens is 2. The van der Waals surface area contributed by atoms with Crippen molar-refractivity contribution in [3.05, 3.63) is 48.3 Å². The average Bonchev–Trinajstić information content (AvgIpc) is 2.40. The minimum absolute atomic E-state index is 0.0279. The molecular formula is C12H14N4O2S. The zero-order valence-corrected chi connectivity index (χ0v) is 11.2. The maximum atomic E-state index is 12.3. The summed E-state index contributed by atoms with van der Waals surface area (Å²) in [5, 5.41) is 0. The van der Waals surface area contributed by atoms with Gasteiger partial charge in [-0.2, -0.15) is 4.31 Å². The summed E-state index contributed by atoms with van der Waals surface area (Å²) in [4.78, 5) is 7.42. The van der Waals surface area contributed by atoms with Crippen LogP contribution >= 0.6 is 0 Å². The zero-order valence-electron chi connectivity index (χ0n) is 10.4. The molecule has 0 aliphatic carbocycles. The van der Waals surface area contributed by atoms with Gasteiger partial charge in [0.2, 0.25) is 16.0 Å². The Morgan fingerprint density at radius 3 is 2.32 bits per heavy atom. The zero-order chi connectivity index (χ0) is 13.9. The highest BCUT2D eigenvalue weighted by Crippen LogP contribution is 2.15. The van der Waals surface area contributed by atoms with E-state index in [1.165, 1.54) is 23.7 Å². The number of anilines is 1. The molecule has 100 valence electrons. The molecular weight excluding hydrogens is 264 g/mol. The molecule has 0 radical (unpaired) electrons. The van der Waals surface area contributed by atoms with Crippen LogP contribution < -0.4 is 5.73 Å². The van der Waals surface area contributed by atoms with E-state index in [4.69, 9.17) is 5.73 Å². The van der Waals surface area contributed by atoms with Crippen LogP contribution in [0.3, 0.4) is 0 Å². The lowest BCUT2D eigenvalue weighted by molar-refractivity contribution is 0.466. The third-order valence-electron chi connectivity index (χ3n) is 2.60. The van der Waals surface area contributed by atoms with E-state index in [0.29, 0.717) is 0 Å². The van der Waals surface area contributed by atoms with E-state index in [-0.39, 0.29) is 17.4 Å². The van der Waals surface area contributed by atoms with Crippen LogP contribution in [0.2, 0.25) is 0 Å². The molecule has 1 aromatic heterocycles. The standard InChI is InChI=1S/C12H14N4O2S/c1-16(9-10-5-3-2-4-6-10)19(17,18)11-7-14-12(13)15-8-11/h2-8H,9H2,1H3,(H2,13,14,15). The lowest BCUT2D eigenvalue weighted by atomic mass is 10.2. The van der Waals surface area contributed by atoms with E-state index in [0.717, 1.165) is 5.56 Å². The number of nitrogens with zero attached hydrogens (tertiary/aromatic N) is 3. The summed E-state index contributed by atoms with van der Waals surface area (Å²) >= 11 is 0. The minimum atomic E-state index is -3.60. The first-order valence-corrected chi connectivity index (χ1v) is 7.02. The highest BCUT2D eigenvalue weighted by molar-refractivity contribution is 7.89. The van der Waals surface area contributed by atoms with Gasteiger partial charge in [0.15, 0.2) is 0 Å². The molecule has 2 rings (SSSR count). The molecule has 0 amide bonds. The van der Waals surface area contributed by atoms with Crippen LogP contribution in [0, 0.1) is 0 Å². The average molecular weight is 278 g/mol. The molecule has 0 spiro atoms. The van der Waals surface area contributed by atoms with Gasteiger partial charge in [0, 0.05) is 13.6 Å². The first-order chi connectivity index (χ1) is 9.00. The highest BCUT2D eigenvalue weighted by Gasteiger charge is 2.21. The van der Waals surface area contributed by atoms with E-state index >= 15 is 0 Å². The first kappa shape index (κ1) is 13.4. The van der Waals surface area contributed by atoms with Crippen molar-refractivity contribution in [3.63, 3.8) is 0 Å². The largest absolute Gasteiger partial charge is 0.368 e. The van der Waals surface area contributed by atoms with Crippen molar-refractivity contribution in [1.29, 1.82) is 0 Å². The fourth-order valence-corrected chi connectivity index (χ4v) is 2.62. The first-order valence-electron chi connectivity index (χ1n) is 5.58. The van der Waals surface area contributed by atoms with Crippen molar-refractivity contribution >= 4 is 16.0 Å². The minimum Gasteiger partial charge on any atom is -0.368 e. The van der Waals surface area contributed by atoms with Crippen LogP contribution in [0.5, 0.6) is 0 Å². The third kappa shape index (κ3) is 3.07. The second kappa shape index (κ2) is 5.33. The fraction of sp³-hybridized carbons (Fsp3) is 0.167. The molecule has 0 fully saturated rings. The van der Waals surface area contributed by atoms with E-state index in [1.54, 1.807) is 0 Å². The topological polar surface area (TPSA) is 89.2 Å². The van der Waals surface area contributed by atoms with Crippen LogP contribution in [0.4, 0.5) is 5.95 Å². The van der Waals surface area contributed by atoms with Crippen molar-refractivity contribution in [2.75, 3.05) is 12.8 Å². The van der Waals surface area contributed by atoms with Gasteiger partial charge in [-0.1, -0.05) is 30.3 Å². The highest BCUT2D eigenvalue weighted by atomic mass is 32.2. The van der Waals surface area contributed by atoms with Crippen LogP contribution in [0.25, 0.3) is 0 Å².